The van der Waals surface area contributed by atoms with Crippen LogP contribution >= 0.6 is 0 Å². The molecule has 1 fully saturated rings. The van der Waals surface area contributed by atoms with E-state index in [1.807, 2.05) is 18.7 Å². The molecule has 5 nitrogen and oxygen atoms in total. The van der Waals surface area contributed by atoms with Gasteiger partial charge in [0.15, 0.2) is 0 Å². The highest BCUT2D eigenvalue weighted by atomic mass is 16.4. The summed E-state index contributed by atoms with van der Waals surface area (Å²) in [4.78, 5) is 26.8. The van der Waals surface area contributed by atoms with Crippen molar-refractivity contribution in [3.05, 3.63) is 0 Å². The molecule has 0 aliphatic carbocycles. The summed E-state index contributed by atoms with van der Waals surface area (Å²) in [6.45, 7) is 7.10. The van der Waals surface area contributed by atoms with Gasteiger partial charge in [-0.25, -0.2) is 0 Å². The smallest absolute Gasteiger partial charge is 0.303 e. The largest absolute Gasteiger partial charge is 0.481 e. The number of likely N-dealkylation sites (tertiary alicyclic amines) is 1. The Morgan fingerprint density at radius 1 is 1.33 bits per heavy atom. The molecule has 1 aliphatic rings. The minimum absolute atomic E-state index is 0.0290. The number of rotatable bonds is 7. The zero-order valence-corrected chi connectivity index (χ0v) is 11.4. The fourth-order valence-electron chi connectivity index (χ4n) is 2.55. The number of hydrogen-bond donors (Lipinski definition) is 1. The van der Waals surface area contributed by atoms with Crippen molar-refractivity contribution < 1.29 is 14.7 Å². The van der Waals surface area contributed by atoms with E-state index in [2.05, 4.69) is 4.90 Å². The lowest BCUT2D eigenvalue weighted by molar-refractivity contribution is -0.137. The van der Waals surface area contributed by atoms with Crippen molar-refractivity contribution in [1.82, 2.24) is 9.80 Å². The number of aliphatic carboxylic acids is 1. The molecule has 0 spiro atoms. The third-order valence-corrected chi connectivity index (χ3v) is 3.56. The van der Waals surface area contributed by atoms with E-state index in [-0.39, 0.29) is 18.4 Å². The second kappa shape index (κ2) is 7.36. The minimum atomic E-state index is -0.763. The standard InChI is InChI=1S/C13H24N2O3/c1-3-14(4-2)13(18)11-7-5-9-15(11)10-6-8-12(16)17/h11H,3-10H2,1-2H3,(H,16,17). The first-order chi connectivity index (χ1) is 8.60. The molecule has 1 atom stereocenters. The summed E-state index contributed by atoms with van der Waals surface area (Å²) in [6.07, 6.45) is 2.74. The van der Waals surface area contributed by atoms with Gasteiger partial charge in [-0.3, -0.25) is 14.5 Å². The average molecular weight is 256 g/mol. The zero-order chi connectivity index (χ0) is 13.5. The Bertz CT molecular complexity index is 290. The van der Waals surface area contributed by atoms with Crippen LogP contribution in [0.25, 0.3) is 0 Å². The molecule has 5 heteroatoms. The first-order valence-electron chi connectivity index (χ1n) is 6.84. The first-order valence-corrected chi connectivity index (χ1v) is 6.84. The molecule has 1 heterocycles. The summed E-state index contributed by atoms with van der Waals surface area (Å²) < 4.78 is 0. The molecule has 0 bridgehead atoms. The molecular weight excluding hydrogens is 232 g/mol. The second-order valence-corrected chi connectivity index (χ2v) is 4.70. The SMILES string of the molecule is CCN(CC)C(=O)C1CCCN1CCCC(=O)O. The lowest BCUT2D eigenvalue weighted by Crippen LogP contribution is -2.45. The zero-order valence-electron chi connectivity index (χ0n) is 11.4. The highest BCUT2D eigenvalue weighted by Crippen LogP contribution is 2.19. The van der Waals surface area contributed by atoms with E-state index in [9.17, 15) is 9.59 Å². The number of carbonyl (C=O) groups excluding carboxylic acids is 1. The highest BCUT2D eigenvalue weighted by Gasteiger charge is 2.32. The molecule has 1 aliphatic heterocycles. The van der Waals surface area contributed by atoms with Gasteiger partial charge < -0.3 is 10.0 Å². The van der Waals surface area contributed by atoms with Gasteiger partial charge in [-0.2, -0.15) is 0 Å². The van der Waals surface area contributed by atoms with Gasteiger partial charge in [-0.05, 0) is 46.2 Å². The Hall–Kier alpha value is -1.10. The van der Waals surface area contributed by atoms with Crippen molar-refractivity contribution in [2.24, 2.45) is 0 Å². The lowest BCUT2D eigenvalue weighted by atomic mass is 10.2. The van der Waals surface area contributed by atoms with Gasteiger partial charge >= 0.3 is 5.97 Å². The quantitative estimate of drug-likeness (QED) is 0.743. The Balaban J connectivity index is 2.48. The predicted octanol–water partition coefficient (Wildman–Crippen LogP) is 1.18. The van der Waals surface area contributed by atoms with Crippen LogP contribution in [-0.4, -0.2) is 59.0 Å². The monoisotopic (exact) mass is 256 g/mol. The molecule has 1 saturated heterocycles. The van der Waals surface area contributed by atoms with Crippen molar-refractivity contribution in [3.8, 4) is 0 Å². The average Bonchev–Trinajstić information content (AvgIpc) is 2.78. The number of amides is 1. The maximum absolute atomic E-state index is 12.3. The van der Waals surface area contributed by atoms with Gasteiger partial charge in [0.05, 0.1) is 6.04 Å². The summed E-state index contributed by atoms with van der Waals surface area (Å²) in [5, 5.41) is 8.63. The van der Waals surface area contributed by atoms with Crippen LogP contribution in [0.5, 0.6) is 0 Å². The van der Waals surface area contributed by atoms with Crippen LogP contribution in [0.2, 0.25) is 0 Å². The van der Waals surface area contributed by atoms with Gasteiger partial charge in [0.25, 0.3) is 0 Å². The third kappa shape index (κ3) is 3.98. The van der Waals surface area contributed by atoms with Crippen molar-refractivity contribution >= 4 is 11.9 Å². The molecule has 1 unspecified atom stereocenters. The van der Waals surface area contributed by atoms with E-state index >= 15 is 0 Å². The predicted molar refractivity (Wildman–Crippen MR) is 69.4 cm³/mol. The van der Waals surface area contributed by atoms with Crippen LogP contribution in [0, 0.1) is 0 Å². The van der Waals surface area contributed by atoms with E-state index in [4.69, 9.17) is 5.11 Å². The van der Waals surface area contributed by atoms with Gasteiger partial charge in [-0.1, -0.05) is 0 Å². The summed E-state index contributed by atoms with van der Waals surface area (Å²) in [7, 11) is 0. The van der Waals surface area contributed by atoms with Crippen LogP contribution in [0.4, 0.5) is 0 Å². The number of carbonyl (C=O) groups is 2. The van der Waals surface area contributed by atoms with Crippen LogP contribution in [0.15, 0.2) is 0 Å². The molecule has 0 aromatic heterocycles. The molecule has 104 valence electrons. The van der Waals surface area contributed by atoms with Crippen molar-refractivity contribution in [2.45, 2.75) is 45.6 Å². The Morgan fingerprint density at radius 3 is 2.56 bits per heavy atom. The molecule has 1 N–H and O–H groups in total. The molecular formula is C13H24N2O3. The van der Waals surface area contributed by atoms with E-state index < -0.39 is 5.97 Å². The van der Waals surface area contributed by atoms with E-state index in [0.29, 0.717) is 13.0 Å². The second-order valence-electron chi connectivity index (χ2n) is 4.70. The van der Waals surface area contributed by atoms with Crippen molar-refractivity contribution in [2.75, 3.05) is 26.2 Å². The summed E-state index contributed by atoms with van der Waals surface area (Å²) >= 11 is 0. The maximum atomic E-state index is 12.3. The van der Waals surface area contributed by atoms with Crippen LogP contribution < -0.4 is 0 Å². The summed E-state index contributed by atoms with van der Waals surface area (Å²) in [5.74, 6) is -0.561. The number of carboxylic acids is 1. The fourth-order valence-corrected chi connectivity index (χ4v) is 2.55. The number of nitrogens with zero attached hydrogens (tertiary/aromatic N) is 2. The van der Waals surface area contributed by atoms with E-state index in [1.165, 1.54) is 0 Å². The topological polar surface area (TPSA) is 60.9 Å². The Labute approximate surface area is 109 Å². The number of hydrogen-bond acceptors (Lipinski definition) is 3. The van der Waals surface area contributed by atoms with Crippen molar-refractivity contribution in [1.29, 1.82) is 0 Å². The molecule has 1 amide bonds. The van der Waals surface area contributed by atoms with E-state index in [0.717, 1.165) is 32.5 Å². The maximum Gasteiger partial charge on any atom is 0.303 e. The summed E-state index contributed by atoms with van der Waals surface area (Å²) in [6, 6.07) is -0.0290. The molecule has 1 rings (SSSR count). The normalized spacial score (nSPS) is 20.0. The molecule has 18 heavy (non-hydrogen) atoms. The summed E-state index contributed by atoms with van der Waals surface area (Å²) in [5.41, 5.74) is 0. The fraction of sp³-hybridized carbons (Fsp3) is 0.846. The highest BCUT2D eigenvalue weighted by molar-refractivity contribution is 5.82. The first kappa shape index (κ1) is 15.0. The Morgan fingerprint density at radius 2 is 2.00 bits per heavy atom. The Kier molecular flexibility index (Phi) is 6.12. The molecule has 0 saturated carbocycles. The number of carboxylic acid groups (broad SMARTS) is 1. The molecule has 0 aromatic rings. The van der Waals surface area contributed by atoms with Crippen LogP contribution in [0.1, 0.15) is 39.5 Å². The minimum Gasteiger partial charge on any atom is -0.481 e. The van der Waals surface area contributed by atoms with Crippen LogP contribution in [-0.2, 0) is 9.59 Å². The van der Waals surface area contributed by atoms with Gasteiger partial charge in [0.1, 0.15) is 0 Å². The van der Waals surface area contributed by atoms with Gasteiger partial charge in [0, 0.05) is 19.5 Å². The molecule has 0 aromatic carbocycles. The third-order valence-electron chi connectivity index (χ3n) is 3.56. The van der Waals surface area contributed by atoms with Crippen LogP contribution in [0.3, 0.4) is 0 Å². The van der Waals surface area contributed by atoms with Gasteiger partial charge in [-0.15, -0.1) is 0 Å². The van der Waals surface area contributed by atoms with Crippen molar-refractivity contribution in [3.63, 3.8) is 0 Å². The van der Waals surface area contributed by atoms with E-state index in [1.54, 1.807) is 0 Å². The molecule has 0 radical (unpaired) electrons. The number of likely N-dealkylation sites (N-methyl/N-ethyl adjacent to an activating group) is 1. The van der Waals surface area contributed by atoms with Gasteiger partial charge in [0.2, 0.25) is 5.91 Å². The lowest BCUT2D eigenvalue weighted by Gasteiger charge is -2.28.